The van der Waals surface area contributed by atoms with E-state index in [0.29, 0.717) is 0 Å². The van der Waals surface area contributed by atoms with Gasteiger partial charge < -0.3 is 0 Å². The first kappa shape index (κ1) is 12.5. The lowest BCUT2D eigenvalue weighted by molar-refractivity contribution is 0.0921. The van der Waals surface area contributed by atoms with Gasteiger partial charge in [0, 0.05) is 21.6 Å². The van der Waals surface area contributed by atoms with Crippen LogP contribution in [0.5, 0.6) is 0 Å². The number of carbonyl (C=O) groups is 1. The summed E-state index contributed by atoms with van der Waals surface area (Å²) >= 11 is 1.81. The van der Waals surface area contributed by atoms with Gasteiger partial charge >= 0.3 is 0 Å². The number of rotatable bonds is 1. The first-order valence-corrected chi connectivity index (χ1v) is 7.41. The summed E-state index contributed by atoms with van der Waals surface area (Å²) in [6, 6.07) is 16.5. The molecule has 19 heavy (non-hydrogen) atoms. The number of carbonyl (C=O) groups excluding carboxylic acids is 1. The van der Waals surface area contributed by atoms with E-state index >= 15 is 0 Å². The number of hydrogen-bond donors (Lipinski definition) is 0. The minimum absolute atomic E-state index is 0.0294. The van der Waals surface area contributed by atoms with Crippen LogP contribution in [0.1, 0.15) is 33.7 Å². The Morgan fingerprint density at radius 3 is 2.53 bits per heavy atom. The summed E-state index contributed by atoms with van der Waals surface area (Å²) in [6.45, 7) is 4.07. The van der Waals surface area contributed by atoms with Gasteiger partial charge in [0.1, 0.15) is 0 Å². The van der Waals surface area contributed by atoms with Crippen molar-refractivity contribution in [1.29, 1.82) is 0 Å². The Morgan fingerprint density at radius 1 is 1.05 bits per heavy atom. The number of thioether (sulfide) groups is 1. The van der Waals surface area contributed by atoms with Crippen molar-refractivity contribution in [3.8, 4) is 0 Å². The Kier molecular flexibility index (Phi) is 3.19. The second-order valence-corrected chi connectivity index (χ2v) is 6.29. The highest BCUT2D eigenvalue weighted by Crippen LogP contribution is 2.47. The molecule has 3 rings (SSSR count). The molecule has 0 amide bonds. The van der Waals surface area contributed by atoms with Crippen LogP contribution in [0.15, 0.2) is 53.4 Å². The molecular weight excluding hydrogens is 252 g/mol. The third kappa shape index (κ3) is 2.21. The van der Waals surface area contributed by atoms with Gasteiger partial charge in [-0.05, 0) is 24.6 Å². The normalized spacial score (nSPS) is 22.1. The van der Waals surface area contributed by atoms with Crippen molar-refractivity contribution in [3.05, 3.63) is 65.2 Å². The molecule has 1 heterocycles. The molecule has 2 aromatic carbocycles. The molecule has 0 saturated carbocycles. The smallest absolute Gasteiger partial charge is 0.168 e. The number of Topliss-reactive ketones (excluding diaryl/α,β-unsaturated/α-hetero) is 1. The SMILES string of the molecule is Cc1ccc2c(c1)C(=O)C(C)C(c1ccccc1)S2. The third-order valence-electron chi connectivity index (χ3n) is 3.65. The summed E-state index contributed by atoms with van der Waals surface area (Å²) in [6.07, 6.45) is 0. The highest BCUT2D eigenvalue weighted by atomic mass is 32.2. The van der Waals surface area contributed by atoms with Crippen molar-refractivity contribution in [2.24, 2.45) is 5.92 Å². The molecule has 1 aliphatic heterocycles. The van der Waals surface area contributed by atoms with E-state index in [1.54, 1.807) is 0 Å². The largest absolute Gasteiger partial charge is 0.294 e. The molecule has 0 aromatic heterocycles. The number of ketones is 1. The zero-order chi connectivity index (χ0) is 13.4. The van der Waals surface area contributed by atoms with E-state index in [4.69, 9.17) is 0 Å². The van der Waals surface area contributed by atoms with Crippen molar-refractivity contribution in [2.75, 3.05) is 0 Å². The van der Waals surface area contributed by atoms with E-state index in [-0.39, 0.29) is 17.0 Å². The summed E-state index contributed by atoms with van der Waals surface area (Å²) in [7, 11) is 0. The van der Waals surface area contributed by atoms with Crippen LogP contribution >= 0.6 is 11.8 Å². The average molecular weight is 268 g/mol. The maximum Gasteiger partial charge on any atom is 0.168 e. The van der Waals surface area contributed by atoms with Crippen molar-refractivity contribution in [1.82, 2.24) is 0 Å². The zero-order valence-corrected chi connectivity index (χ0v) is 11.9. The van der Waals surface area contributed by atoms with Crippen molar-refractivity contribution in [3.63, 3.8) is 0 Å². The monoisotopic (exact) mass is 268 g/mol. The Labute approximate surface area is 118 Å². The molecular formula is C17H16OS. The first-order valence-electron chi connectivity index (χ1n) is 6.53. The lowest BCUT2D eigenvalue weighted by atomic mass is 9.91. The van der Waals surface area contributed by atoms with Gasteiger partial charge in [0.25, 0.3) is 0 Å². The van der Waals surface area contributed by atoms with Crippen molar-refractivity contribution in [2.45, 2.75) is 24.0 Å². The summed E-state index contributed by atoms with van der Waals surface area (Å²) < 4.78 is 0. The molecule has 2 aromatic rings. The molecule has 0 aliphatic carbocycles. The summed E-state index contributed by atoms with van der Waals surface area (Å²) in [5.74, 6) is 0.299. The molecule has 0 bridgehead atoms. The fraction of sp³-hybridized carbons (Fsp3) is 0.235. The topological polar surface area (TPSA) is 17.1 Å². The second kappa shape index (κ2) is 4.86. The average Bonchev–Trinajstić information content (AvgIpc) is 2.44. The summed E-state index contributed by atoms with van der Waals surface area (Å²) in [5, 5.41) is 0.226. The molecule has 0 fully saturated rings. The van der Waals surface area contributed by atoms with Gasteiger partial charge in [-0.15, -0.1) is 11.8 Å². The third-order valence-corrected chi connectivity index (χ3v) is 5.19. The Hall–Kier alpha value is -1.54. The van der Waals surface area contributed by atoms with E-state index in [1.807, 2.05) is 49.9 Å². The molecule has 1 aliphatic rings. The number of hydrogen-bond acceptors (Lipinski definition) is 2. The van der Waals surface area contributed by atoms with Gasteiger partial charge in [-0.1, -0.05) is 48.9 Å². The van der Waals surface area contributed by atoms with Gasteiger partial charge in [-0.2, -0.15) is 0 Å². The van der Waals surface area contributed by atoms with Gasteiger partial charge in [0.2, 0.25) is 0 Å². The Bertz CT molecular complexity index is 618. The van der Waals surface area contributed by atoms with Crippen LogP contribution in [-0.2, 0) is 0 Å². The van der Waals surface area contributed by atoms with E-state index in [0.717, 1.165) is 16.0 Å². The lowest BCUT2D eigenvalue weighted by Crippen LogP contribution is -2.22. The van der Waals surface area contributed by atoms with E-state index in [1.165, 1.54) is 5.56 Å². The van der Waals surface area contributed by atoms with Gasteiger partial charge in [0.05, 0.1) is 0 Å². The molecule has 2 heteroatoms. The van der Waals surface area contributed by atoms with E-state index < -0.39 is 0 Å². The molecule has 0 N–H and O–H groups in total. The Balaban J connectivity index is 2.04. The van der Waals surface area contributed by atoms with Crippen LogP contribution in [0.4, 0.5) is 0 Å². The predicted octanol–water partition coefficient (Wildman–Crippen LogP) is 4.66. The van der Waals surface area contributed by atoms with Gasteiger partial charge in [-0.3, -0.25) is 4.79 Å². The molecule has 0 saturated heterocycles. The van der Waals surface area contributed by atoms with Crippen LogP contribution in [-0.4, -0.2) is 5.78 Å². The highest BCUT2D eigenvalue weighted by Gasteiger charge is 2.33. The minimum atomic E-state index is 0.0294. The maximum absolute atomic E-state index is 12.5. The number of benzene rings is 2. The molecule has 0 spiro atoms. The molecule has 2 atom stereocenters. The Morgan fingerprint density at radius 2 is 1.79 bits per heavy atom. The predicted molar refractivity (Wildman–Crippen MR) is 79.7 cm³/mol. The van der Waals surface area contributed by atoms with Crippen LogP contribution in [0.3, 0.4) is 0 Å². The van der Waals surface area contributed by atoms with E-state index in [2.05, 4.69) is 24.3 Å². The van der Waals surface area contributed by atoms with E-state index in [9.17, 15) is 4.79 Å². The van der Waals surface area contributed by atoms with Crippen molar-refractivity contribution < 1.29 is 4.79 Å². The minimum Gasteiger partial charge on any atom is -0.294 e. The fourth-order valence-electron chi connectivity index (χ4n) is 2.56. The number of fused-ring (bicyclic) bond motifs is 1. The first-order chi connectivity index (χ1) is 9.16. The van der Waals surface area contributed by atoms with Gasteiger partial charge in [0.15, 0.2) is 5.78 Å². The highest BCUT2D eigenvalue weighted by molar-refractivity contribution is 7.99. The quantitative estimate of drug-likeness (QED) is 0.748. The second-order valence-electron chi connectivity index (χ2n) is 5.10. The molecule has 1 nitrogen and oxygen atoms in total. The van der Waals surface area contributed by atoms with Gasteiger partial charge in [-0.25, -0.2) is 0 Å². The zero-order valence-electron chi connectivity index (χ0n) is 11.1. The molecule has 0 radical (unpaired) electrons. The van der Waals surface area contributed by atoms with Crippen LogP contribution < -0.4 is 0 Å². The van der Waals surface area contributed by atoms with Crippen LogP contribution in [0.25, 0.3) is 0 Å². The summed E-state index contributed by atoms with van der Waals surface area (Å²) in [4.78, 5) is 13.7. The van der Waals surface area contributed by atoms with Crippen LogP contribution in [0.2, 0.25) is 0 Å². The van der Waals surface area contributed by atoms with Crippen molar-refractivity contribution >= 4 is 17.5 Å². The lowest BCUT2D eigenvalue weighted by Gasteiger charge is -2.29. The molecule has 96 valence electrons. The summed E-state index contributed by atoms with van der Waals surface area (Å²) in [5.41, 5.74) is 3.28. The van der Waals surface area contributed by atoms with Crippen LogP contribution in [0, 0.1) is 12.8 Å². The molecule has 2 unspecified atom stereocenters. The standard InChI is InChI=1S/C17H16OS/c1-11-8-9-15-14(10-11)16(18)12(2)17(19-15)13-6-4-3-5-7-13/h3-10,12,17H,1-2H3. The fourth-order valence-corrected chi connectivity index (χ4v) is 3.89. The number of aryl methyl sites for hydroxylation is 1. The maximum atomic E-state index is 12.5.